The molecule has 0 amide bonds. The first-order chi connectivity index (χ1) is 19.6. The number of pyridine rings is 1. The van der Waals surface area contributed by atoms with E-state index in [0.29, 0.717) is 5.69 Å². The number of rotatable bonds is 9. The highest BCUT2D eigenvalue weighted by Gasteiger charge is 2.06. The fraction of sp³-hybridized carbons (Fsp3) is 0.156. The smallest absolute Gasteiger partial charge is 0.104 e. The van der Waals surface area contributed by atoms with Crippen molar-refractivity contribution in [2.45, 2.75) is 20.8 Å². The number of aromatic nitrogens is 1. The van der Waals surface area contributed by atoms with Crippen molar-refractivity contribution in [2.75, 3.05) is 18.0 Å². The van der Waals surface area contributed by atoms with Crippen LogP contribution >= 0.6 is 0 Å². The van der Waals surface area contributed by atoms with Gasteiger partial charge in [0.05, 0.1) is 34.6 Å². The van der Waals surface area contributed by atoms with Crippen molar-refractivity contribution < 1.29 is 0 Å². The minimum Gasteiger partial charge on any atom is -0.372 e. The van der Waals surface area contributed by atoms with Crippen molar-refractivity contribution in [2.24, 2.45) is 30.7 Å². The van der Waals surface area contributed by atoms with Crippen molar-refractivity contribution >= 4 is 50.6 Å². The molecule has 0 fully saturated rings. The molecule has 198 valence electrons. The zero-order chi connectivity index (χ0) is 27.7. The molecule has 0 aliphatic heterocycles. The lowest BCUT2D eigenvalue weighted by molar-refractivity contribution is 0.866. The van der Waals surface area contributed by atoms with Crippen LogP contribution in [-0.4, -0.2) is 18.1 Å². The third kappa shape index (κ3) is 6.30. The number of hydrogen-bond acceptors (Lipinski definition) is 8. The van der Waals surface area contributed by atoms with Crippen LogP contribution in [-0.2, 0) is 0 Å². The number of fused-ring (bicyclic) bond motifs is 1. The first-order valence-electron chi connectivity index (χ1n) is 13.3. The van der Waals surface area contributed by atoms with Crippen LogP contribution in [0.3, 0.4) is 0 Å². The molecule has 40 heavy (non-hydrogen) atoms. The fourth-order valence-electron chi connectivity index (χ4n) is 4.32. The molecule has 8 nitrogen and oxygen atoms in total. The summed E-state index contributed by atoms with van der Waals surface area (Å²) in [6.45, 7) is 8.24. The molecule has 0 aliphatic carbocycles. The van der Waals surface area contributed by atoms with Crippen LogP contribution in [0, 0.1) is 6.92 Å². The predicted molar refractivity (Wildman–Crippen MR) is 162 cm³/mol. The number of azo groups is 3. The number of hydrogen-bond donors (Lipinski definition) is 0. The Morgan fingerprint density at radius 2 is 1.15 bits per heavy atom. The summed E-state index contributed by atoms with van der Waals surface area (Å²) < 4.78 is 0. The third-order valence-corrected chi connectivity index (χ3v) is 6.50. The molecule has 4 aromatic carbocycles. The summed E-state index contributed by atoms with van der Waals surface area (Å²) in [5, 5.41) is 28.6. The highest BCUT2D eigenvalue weighted by atomic mass is 15.1. The molecule has 0 aliphatic rings. The molecule has 1 aromatic heterocycles. The van der Waals surface area contributed by atoms with E-state index in [1.54, 1.807) is 12.4 Å². The van der Waals surface area contributed by atoms with E-state index < -0.39 is 0 Å². The quantitative estimate of drug-likeness (QED) is 0.179. The van der Waals surface area contributed by atoms with Crippen molar-refractivity contribution in [3.8, 4) is 0 Å². The summed E-state index contributed by atoms with van der Waals surface area (Å²) in [5.41, 5.74) is 6.70. The Morgan fingerprint density at radius 1 is 0.575 bits per heavy atom. The van der Waals surface area contributed by atoms with Gasteiger partial charge in [-0.15, -0.1) is 15.3 Å². The molecule has 5 rings (SSSR count). The van der Waals surface area contributed by atoms with Gasteiger partial charge >= 0.3 is 0 Å². The van der Waals surface area contributed by atoms with Crippen LogP contribution in [0.5, 0.6) is 0 Å². The van der Waals surface area contributed by atoms with Gasteiger partial charge in [-0.1, -0.05) is 24.3 Å². The Labute approximate surface area is 233 Å². The zero-order valence-corrected chi connectivity index (χ0v) is 22.8. The monoisotopic (exact) mass is 526 g/mol. The molecule has 5 aromatic rings. The number of benzene rings is 4. The van der Waals surface area contributed by atoms with Crippen molar-refractivity contribution in [1.29, 1.82) is 0 Å². The van der Waals surface area contributed by atoms with E-state index in [1.165, 1.54) is 5.69 Å². The second kappa shape index (κ2) is 12.6. The second-order valence-electron chi connectivity index (χ2n) is 9.12. The first kappa shape index (κ1) is 26.5. The molecule has 0 saturated carbocycles. The van der Waals surface area contributed by atoms with Gasteiger partial charge in [-0.05, 0) is 93.1 Å². The summed E-state index contributed by atoms with van der Waals surface area (Å²) in [7, 11) is 0. The van der Waals surface area contributed by atoms with Crippen LogP contribution < -0.4 is 4.90 Å². The van der Waals surface area contributed by atoms with E-state index in [1.807, 2.05) is 85.8 Å². The highest BCUT2D eigenvalue weighted by molar-refractivity contribution is 5.99. The summed E-state index contributed by atoms with van der Waals surface area (Å²) in [6, 6.07) is 29.4. The van der Waals surface area contributed by atoms with Gasteiger partial charge in [-0.25, -0.2) is 0 Å². The third-order valence-electron chi connectivity index (χ3n) is 6.50. The van der Waals surface area contributed by atoms with Crippen LogP contribution in [0.2, 0.25) is 0 Å². The van der Waals surface area contributed by atoms with Crippen molar-refractivity contribution in [3.05, 3.63) is 109 Å². The SMILES string of the molecule is CCN(CC)c1ccc(N=Nc2ccc(N=Nc3ccc(N=Nc4cccnc4)c4ccccc34)c(C)c2)cc1. The molecule has 0 bridgehead atoms. The van der Waals surface area contributed by atoms with Gasteiger partial charge in [-0.3, -0.25) is 4.98 Å². The average Bonchev–Trinajstić information content (AvgIpc) is 3.00. The normalized spacial score (nSPS) is 11.8. The molecule has 0 radical (unpaired) electrons. The molecule has 1 heterocycles. The Balaban J connectivity index is 1.32. The number of anilines is 1. The zero-order valence-electron chi connectivity index (χ0n) is 22.8. The average molecular weight is 527 g/mol. The topological polar surface area (TPSA) is 90.3 Å². The standard InChI is InChI=1S/C32H30N8/c1-4-40(5-2)27-15-12-24(13-16-27)34-35-25-14-17-30(23(3)21-25)37-39-32-19-18-31(28-10-6-7-11-29(28)32)38-36-26-9-8-20-33-22-26/h6-22H,4-5H2,1-3H3. The van der Waals surface area contributed by atoms with E-state index in [2.05, 4.69) is 66.5 Å². The Hall–Kier alpha value is -5.11. The van der Waals surface area contributed by atoms with Gasteiger partial charge in [0, 0.05) is 35.7 Å². The molecule has 0 saturated heterocycles. The highest BCUT2D eigenvalue weighted by Crippen LogP contribution is 2.36. The molecular formula is C32H30N8. The van der Waals surface area contributed by atoms with E-state index >= 15 is 0 Å². The van der Waals surface area contributed by atoms with Crippen molar-refractivity contribution in [1.82, 2.24) is 4.98 Å². The largest absolute Gasteiger partial charge is 0.372 e. The Morgan fingerprint density at radius 3 is 1.77 bits per heavy atom. The van der Waals surface area contributed by atoms with Gasteiger partial charge in [0.15, 0.2) is 0 Å². The Kier molecular flexibility index (Phi) is 8.36. The summed E-state index contributed by atoms with van der Waals surface area (Å²) in [5.74, 6) is 0. The lowest BCUT2D eigenvalue weighted by atomic mass is 10.1. The van der Waals surface area contributed by atoms with E-state index in [4.69, 9.17) is 0 Å². The molecule has 0 N–H and O–H groups in total. The predicted octanol–water partition coefficient (Wildman–Crippen LogP) is 10.6. The summed E-state index contributed by atoms with van der Waals surface area (Å²) in [4.78, 5) is 6.38. The van der Waals surface area contributed by atoms with E-state index in [0.717, 1.165) is 57.9 Å². The molecule has 0 spiro atoms. The van der Waals surface area contributed by atoms with Gasteiger partial charge in [0.25, 0.3) is 0 Å². The first-order valence-corrected chi connectivity index (χ1v) is 13.3. The van der Waals surface area contributed by atoms with Gasteiger partial charge < -0.3 is 4.90 Å². The number of aryl methyl sites for hydroxylation is 1. The second-order valence-corrected chi connectivity index (χ2v) is 9.12. The maximum Gasteiger partial charge on any atom is 0.104 e. The molecule has 0 atom stereocenters. The van der Waals surface area contributed by atoms with Crippen LogP contribution in [0.1, 0.15) is 19.4 Å². The van der Waals surface area contributed by atoms with Gasteiger partial charge in [-0.2, -0.15) is 15.3 Å². The summed E-state index contributed by atoms with van der Waals surface area (Å²) >= 11 is 0. The molecule has 0 unspecified atom stereocenters. The minimum absolute atomic E-state index is 0.696. The fourth-order valence-corrected chi connectivity index (χ4v) is 4.32. The van der Waals surface area contributed by atoms with Crippen molar-refractivity contribution in [3.63, 3.8) is 0 Å². The maximum absolute atomic E-state index is 4.57. The van der Waals surface area contributed by atoms with Crippen LogP contribution in [0.4, 0.5) is 39.8 Å². The minimum atomic E-state index is 0.696. The maximum atomic E-state index is 4.57. The Bertz CT molecular complexity index is 1670. The summed E-state index contributed by atoms with van der Waals surface area (Å²) in [6.07, 6.45) is 3.38. The van der Waals surface area contributed by atoms with E-state index in [9.17, 15) is 0 Å². The van der Waals surface area contributed by atoms with Gasteiger partial charge in [0.1, 0.15) is 5.69 Å². The van der Waals surface area contributed by atoms with Crippen LogP contribution in [0.15, 0.2) is 134 Å². The van der Waals surface area contributed by atoms with Gasteiger partial charge in [0.2, 0.25) is 0 Å². The van der Waals surface area contributed by atoms with Crippen LogP contribution in [0.25, 0.3) is 10.8 Å². The molecular weight excluding hydrogens is 496 g/mol. The van der Waals surface area contributed by atoms with E-state index in [-0.39, 0.29) is 0 Å². The number of nitrogens with zero attached hydrogens (tertiary/aromatic N) is 8. The molecule has 8 heteroatoms. The lowest BCUT2D eigenvalue weighted by Crippen LogP contribution is -2.21. The lowest BCUT2D eigenvalue weighted by Gasteiger charge is -2.20.